The van der Waals surface area contributed by atoms with Crippen molar-refractivity contribution in [2.45, 2.75) is 44.4 Å². The second kappa shape index (κ2) is 9.91. The molecule has 2 amide bonds. The number of hydrogen-bond acceptors (Lipinski definition) is 5. The van der Waals surface area contributed by atoms with Gasteiger partial charge in [-0.05, 0) is 25.3 Å². The SMILES string of the molecule is COC(=O)[C@H]1CN(C(=O)NC(CCC(=O)O)Cc2ccccc2)C[C@@H](C)O1. The fourth-order valence-corrected chi connectivity index (χ4v) is 3.07. The van der Waals surface area contributed by atoms with Crippen LogP contribution in [0, 0.1) is 0 Å². The number of aliphatic carboxylic acids is 1. The average molecular weight is 378 g/mol. The lowest BCUT2D eigenvalue weighted by molar-refractivity contribution is -0.164. The molecule has 3 atom stereocenters. The molecular formula is C19H26N2O6. The molecule has 8 nitrogen and oxygen atoms in total. The van der Waals surface area contributed by atoms with Gasteiger partial charge in [-0.15, -0.1) is 0 Å². The quantitative estimate of drug-likeness (QED) is 0.696. The number of benzene rings is 1. The zero-order valence-electron chi connectivity index (χ0n) is 15.6. The molecule has 2 rings (SSSR count). The molecule has 0 aliphatic carbocycles. The third-order valence-electron chi connectivity index (χ3n) is 4.37. The Hall–Kier alpha value is -2.61. The number of nitrogens with one attached hydrogen (secondary N) is 1. The Kier molecular flexibility index (Phi) is 7.60. The minimum absolute atomic E-state index is 0.0396. The Morgan fingerprint density at radius 2 is 2.00 bits per heavy atom. The molecule has 0 bridgehead atoms. The normalized spacial score (nSPS) is 20.6. The largest absolute Gasteiger partial charge is 0.481 e. The molecule has 1 fully saturated rings. The van der Waals surface area contributed by atoms with Crippen LogP contribution in [0.25, 0.3) is 0 Å². The van der Waals surface area contributed by atoms with E-state index in [9.17, 15) is 14.4 Å². The summed E-state index contributed by atoms with van der Waals surface area (Å²) in [6.07, 6.45) is -0.324. The fourth-order valence-electron chi connectivity index (χ4n) is 3.07. The number of carbonyl (C=O) groups is 3. The van der Waals surface area contributed by atoms with Crippen LogP contribution in [0.1, 0.15) is 25.3 Å². The lowest BCUT2D eigenvalue weighted by Gasteiger charge is -2.36. The van der Waals surface area contributed by atoms with Crippen LogP contribution in [0.3, 0.4) is 0 Å². The molecule has 148 valence electrons. The van der Waals surface area contributed by atoms with E-state index < -0.39 is 18.0 Å². The zero-order valence-corrected chi connectivity index (χ0v) is 15.6. The zero-order chi connectivity index (χ0) is 19.8. The molecule has 1 aromatic carbocycles. The number of carboxylic acid groups (broad SMARTS) is 1. The van der Waals surface area contributed by atoms with E-state index in [0.717, 1.165) is 5.56 Å². The van der Waals surface area contributed by atoms with Crippen molar-refractivity contribution in [1.82, 2.24) is 10.2 Å². The number of carbonyl (C=O) groups excluding carboxylic acids is 2. The Morgan fingerprint density at radius 3 is 2.63 bits per heavy atom. The summed E-state index contributed by atoms with van der Waals surface area (Å²) >= 11 is 0. The van der Waals surface area contributed by atoms with Crippen molar-refractivity contribution in [3.8, 4) is 0 Å². The molecule has 8 heteroatoms. The molecule has 2 N–H and O–H groups in total. The molecule has 27 heavy (non-hydrogen) atoms. The summed E-state index contributed by atoms with van der Waals surface area (Å²) in [6, 6.07) is 8.90. The van der Waals surface area contributed by atoms with E-state index in [4.69, 9.17) is 14.6 Å². The third-order valence-corrected chi connectivity index (χ3v) is 4.37. The van der Waals surface area contributed by atoms with Crippen LogP contribution < -0.4 is 5.32 Å². The van der Waals surface area contributed by atoms with E-state index in [1.54, 1.807) is 6.92 Å². The Morgan fingerprint density at radius 1 is 1.30 bits per heavy atom. The third kappa shape index (κ3) is 6.56. The topological polar surface area (TPSA) is 105 Å². The smallest absolute Gasteiger partial charge is 0.336 e. The maximum atomic E-state index is 12.7. The van der Waals surface area contributed by atoms with Gasteiger partial charge in [0.25, 0.3) is 0 Å². The summed E-state index contributed by atoms with van der Waals surface area (Å²) in [7, 11) is 1.27. The van der Waals surface area contributed by atoms with Gasteiger partial charge in [0.2, 0.25) is 0 Å². The van der Waals surface area contributed by atoms with Gasteiger partial charge in [-0.25, -0.2) is 9.59 Å². The van der Waals surface area contributed by atoms with Gasteiger partial charge in [0.15, 0.2) is 6.10 Å². The number of methoxy groups -OCH3 is 1. The van der Waals surface area contributed by atoms with E-state index in [-0.39, 0.29) is 31.1 Å². The molecule has 1 aliphatic rings. The van der Waals surface area contributed by atoms with Gasteiger partial charge in [0.1, 0.15) is 0 Å². The number of carboxylic acids is 1. The first-order valence-corrected chi connectivity index (χ1v) is 8.93. The van der Waals surface area contributed by atoms with Crippen LogP contribution >= 0.6 is 0 Å². The molecule has 0 radical (unpaired) electrons. The number of morpholine rings is 1. The molecule has 0 spiro atoms. The van der Waals surface area contributed by atoms with Gasteiger partial charge in [-0.2, -0.15) is 0 Å². The number of amides is 2. The van der Waals surface area contributed by atoms with Gasteiger partial charge in [-0.1, -0.05) is 30.3 Å². The predicted molar refractivity (Wildman–Crippen MR) is 97.3 cm³/mol. The van der Waals surface area contributed by atoms with Crippen molar-refractivity contribution in [1.29, 1.82) is 0 Å². The number of nitrogens with zero attached hydrogens (tertiary/aromatic N) is 1. The number of ether oxygens (including phenoxy) is 2. The summed E-state index contributed by atoms with van der Waals surface area (Å²) in [5.74, 6) is -1.43. The summed E-state index contributed by atoms with van der Waals surface area (Å²) in [5, 5.41) is 11.9. The second-order valence-corrected chi connectivity index (χ2v) is 6.63. The van der Waals surface area contributed by atoms with E-state index in [2.05, 4.69) is 5.32 Å². The molecule has 0 saturated carbocycles. The highest BCUT2D eigenvalue weighted by Crippen LogP contribution is 2.14. The van der Waals surface area contributed by atoms with Crippen molar-refractivity contribution in [3.05, 3.63) is 35.9 Å². The van der Waals surface area contributed by atoms with E-state index >= 15 is 0 Å². The van der Waals surface area contributed by atoms with Crippen LogP contribution in [0.5, 0.6) is 0 Å². The Labute approximate surface area is 158 Å². The summed E-state index contributed by atoms with van der Waals surface area (Å²) in [6.45, 7) is 2.22. The van der Waals surface area contributed by atoms with E-state index in [1.807, 2.05) is 30.3 Å². The summed E-state index contributed by atoms with van der Waals surface area (Å²) in [4.78, 5) is 36.9. The van der Waals surface area contributed by atoms with Gasteiger partial charge < -0.3 is 24.8 Å². The van der Waals surface area contributed by atoms with Crippen molar-refractivity contribution in [3.63, 3.8) is 0 Å². The Balaban J connectivity index is 2.02. The van der Waals surface area contributed by atoms with Gasteiger partial charge in [0.05, 0.1) is 19.8 Å². The lowest BCUT2D eigenvalue weighted by atomic mass is 10.0. The lowest BCUT2D eigenvalue weighted by Crippen LogP contribution is -2.56. The first-order chi connectivity index (χ1) is 12.9. The molecule has 0 aromatic heterocycles. The maximum absolute atomic E-state index is 12.7. The minimum atomic E-state index is -0.909. The van der Waals surface area contributed by atoms with Gasteiger partial charge in [-0.3, -0.25) is 4.79 Å². The number of urea groups is 1. The van der Waals surface area contributed by atoms with Crippen LogP contribution in [0.4, 0.5) is 4.79 Å². The first-order valence-electron chi connectivity index (χ1n) is 8.93. The van der Waals surface area contributed by atoms with E-state index in [0.29, 0.717) is 19.4 Å². The van der Waals surface area contributed by atoms with E-state index in [1.165, 1.54) is 12.0 Å². The van der Waals surface area contributed by atoms with Gasteiger partial charge >= 0.3 is 18.0 Å². The predicted octanol–water partition coefficient (Wildman–Crippen LogP) is 1.43. The first kappa shape index (κ1) is 20.7. The minimum Gasteiger partial charge on any atom is -0.481 e. The summed E-state index contributed by atoms with van der Waals surface area (Å²) < 4.78 is 10.2. The second-order valence-electron chi connectivity index (χ2n) is 6.63. The maximum Gasteiger partial charge on any atom is 0.336 e. The average Bonchev–Trinajstić information content (AvgIpc) is 2.65. The highest BCUT2D eigenvalue weighted by molar-refractivity contribution is 5.78. The van der Waals surface area contributed by atoms with Crippen molar-refractivity contribution in [2.24, 2.45) is 0 Å². The van der Waals surface area contributed by atoms with Crippen LogP contribution in [-0.2, 0) is 25.5 Å². The number of rotatable bonds is 7. The molecule has 1 aliphatic heterocycles. The van der Waals surface area contributed by atoms with Crippen LogP contribution in [0.2, 0.25) is 0 Å². The molecule has 1 saturated heterocycles. The standard InChI is InChI=1S/C19H26N2O6/c1-13-11-21(12-16(27-13)18(24)26-2)19(25)20-15(8-9-17(22)23)10-14-6-4-3-5-7-14/h3-7,13,15-16H,8-12H2,1-2H3,(H,20,25)(H,22,23)/t13-,15?,16-/m1/s1. The fraction of sp³-hybridized carbons (Fsp3) is 0.526. The molecule has 1 unspecified atom stereocenters. The summed E-state index contributed by atoms with van der Waals surface area (Å²) in [5.41, 5.74) is 1.01. The highest BCUT2D eigenvalue weighted by atomic mass is 16.6. The van der Waals surface area contributed by atoms with Gasteiger partial charge in [0, 0.05) is 19.0 Å². The molecular weight excluding hydrogens is 352 g/mol. The number of esters is 1. The van der Waals surface area contributed by atoms with Crippen molar-refractivity contribution >= 4 is 18.0 Å². The van der Waals surface area contributed by atoms with Crippen molar-refractivity contribution in [2.75, 3.05) is 20.2 Å². The number of hydrogen-bond donors (Lipinski definition) is 2. The molecule has 1 heterocycles. The Bertz CT molecular complexity index is 651. The molecule has 1 aromatic rings. The van der Waals surface area contributed by atoms with Crippen molar-refractivity contribution < 1.29 is 29.0 Å². The highest BCUT2D eigenvalue weighted by Gasteiger charge is 2.34. The monoisotopic (exact) mass is 378 g/mol. The van der Waals surface area contributed by atoms with Crippen LogP contribution in [0.15, 0.2) is 30.3 Å². The van der Waals surface area contributed by atoms with Crippen LogP contribution in [-0.4, -0.2) is 66.4 Å².